The van der Waals surface area contributed by atoms with Crippen molar-refractivity contribution >= 4 is 23.6 Å². The predicted molar refractivity (Wildman–Crippen MR) is 109 cm³/mol. The molecule has 2 aromatic carbocycles. The number of fused-ring (bicyclic) bond motifs is 1. The summed E-state index contributed by atoms with van der Waals surface area (Å²) >= 11 is 0. The fourth-order valence-corrected chi connectivity index (χ4v) is 3.62. The van der Waals surface area contributed by atoms with Crippen LogP contribution in [-0.2, 0) is 14.3 Å². The van der Waals surface area contributed by atoms with Crippen molar-refractivity contribution in [2.75, 3.05) is 11.9 Å². The van der Waals surface area contributed by atoms with Crippen LogP contribution in [0.15, 0.2) is 48.5 Å². The molecule has 1 aliphatic heterocycles. The van der Waals surface area contributed by atoms with E-state index in [2.05, 4.69) is 5.32 Å². The molecule has 30 heavy (non-hydrogen) atoms. The molecule has 1 saturated carbocycles. The molecule has 1 aliphatic carbocycles. The second-order valence-corrected chi connectivity index (χ2v) is 7.38. The van der Waals surface area contributed by atoms with Gasteiger partial charge in [0.15, 0.2) is 18.1 Å². The van der Waals surface area contributed by atoms with Gasteiger partial charge in [0, 0.05) is 30.7 Å². The van der Waals surface area contributed by atoms with Crippen LogP contribution in [0.4, 0.5) is 10.1 Å². The minimum absolute atomic E-state index is 0.400. The first-order valence-electron chi connectivity index (χ1n) is 9.94. The molecule has 4 rings (SSSR count). The number of halogens is 1. The lowest BCUT2D eigenvalue weighted by Crippen LogP contribution is -2.40. The first-order chi connectivity index (χ1) is 14.5. The van der Waals surface area contributed by atoms with Crippen LogP contribution in [-0.4, -0.2) is 24.3 Å². The van der Waals surface area contributed by atoms with Crippen molar-refractivity contribution in [3.8, 4) is 11.5 Å². The highest BCUT2D eigenvalue weighted by Gasteiger charge is 2.42. The summed E-state index contributed by atoms with van der Waals surface area (Å²) in [7, 11) is 0. The van der Waals surface area contributed by atoms with E-state index in [0.29, 0.717) is 22.7 Å². The first kappa shape index (κ1) is 19.9. The first-order valence-corrected chi connectivity index (χ1v) is 9.94. The van der Waals surface area contributed by atoms with E-state index in [1.807, 2.05) is 0 Å². The van der Waals surface area contributed by atoms with Gasteiger partial charge in [-0.1, -0.05) is 18.6 Å². The molecule has 0 radical (unpaired) electrons. The average molecular weight is 411 g/mol. The van der Waals surface area contributed by atoms with Crippen LogP contribution < -0.4 is 14.8 Å². The van der Waals surface area contributed by atoms with E-state index in [4.69, 9.17) is 14.2 Å². The summed E-state index contributed by atoms with van der Waals surface area (Å²) in [6, 6.07) is 11.0. The van der Waals surface area contributed by atoms with Gasteiger partial charge >= 0.3 is 5.97 Å². The molecule has 1 fully saturated rings. The molecule has 2 aliphatic rings. The summed E-state index contributed by atoms with van der Waals surface area (Å²) in [6.07, 6.45) is 7.58. The van der Waals surface area contributed by atoms with Crippen molar-refractivity contribution in [3.05, 3.63) is 59.9 Å². The molecule has 0 atom stereocenters. The van der Waals surface area contributed by atoms with Gasteiger partial charge in [-0.2, -0.15) is 0 Å². The highest BCUT2D eigenvalue weighted by atomic mass is 19.1. The van der Waals surface area contributed by atoms with Gasteiger partial charge in [0.1, 0.15) is 5.82 Å². The zero-order chi connectivity index (χ0) is 21.0. The summed E-state index contributed by atoms with van der Waals surface area (Å²) in [4.78, 5) is 23.9. The van der Waals surface area contributed by atoms with Crippen molar-refractivity contribution in [1.82, 2.24) is 0 Å². The third-order valence-corrected chi connectivity index (χ3v) is 5.04. The molecule has 2 aromatic rings. The van der Waals surface area contributed by atoms with Crippen LogP contribution in [0.3, 0.4) is 0 Å². The maximum absolute atomic E-state index is 13.1. The number of hydrogen-bond donors (Lipinski definition) is 1. The van der Waals surface area contributed by atoms with Gasteiger partial charge < -0.3 is 19.5 Å². The number of hydrogen-bond acceptors (Lipinski definition) is 5. The number of ether oxygens (including phenoxy) is 3. The van der Waals surface area contributed by atoms with Crippen LogP contribution in [0, 0.1) is 5.82 Å². The largest absolute Gasteiger partial charge is 0.452 e. The maximum Gasteiger partial charge on any atom is 0.331 e. The predicted octanol–water partition coefficient (Wildman–Crippen LogP) is 4.45. The molecular formula is C23H22FNO5. The van der Waals surface area contributed by atoms with Crippen molar-refractivity contribution in [2.45, 2.75) is 37.9 Å². The Morgan fingerprint density at radius 2 is 1.87 bits per heavy atom. The Morgan fingerprint density at radius 3 is 2.67 bits per heavy atom. The summed E-state index contributed by atoms with van der Waals surface area (Å²) in [5, 5.41) is 2.67. The van der Waals surface area contributed by atoms with Crippen molar-refractivity contribution in [1.29, 1.82) is 0 Å². The van der Waals surface area contributed by atoms with Gasteiger partial charge in [0.2, 0.25) is 0 Å². The van der Waals surface area contributed by atoms with Crippen molar-refractivity contribution in [2.24, 2.45) is 0 Å². The molecule has 1 spiro atoms. The molecule has 6 nitrogen and oxygen atoms in total. The Hall–Kier alpha value is -3.35. The molecule has 156 valence electrons. The fourth-order valence-electron chi connectivity index (χ4n) is 3.62. The number of nitrogens with one attached hydrogen (secondary N) is 1. The number of esters is 1. The van der Waals surface area contributed by atoms with Crippen molar-refractivity contribution < 1.29 is 28.2 Å². The Bertz CT molecular complexity index is 981. The summed E-state index contributed by atoms with van der Waals surface area (Å²) in [6.45, 7) is -0.440. The van der Waals surface area contributed by atoms with Gasteiger partial charge in [0.05, 0.1) is 0 Å². The third-order valence-electron chi connectivity index (χ3n) is 5.04. The van der Waals surface area contributed by atoms with Crippen LogP contribution >= 0.6 is 0 Å². The van der Waals surface area contributed by atoms with Crippen LogP contribution in [0.2, 0.25) is 0 Å². The molecule has 0 bridgehead atoms. The minimum atomic E-state index is -0.695. The summed E-state index contributed by atoms with van der Waals surface area (Å²) in [5.74, 6) is -0.878. The molecule has 1 amide bonds. The lowest BCUT2D eigenvalue weighted by Gasteiger charge is -2.31. The van der Waals surface area contributed by atoms with E-state index >= 15 is 0 Å². The van der Waals surface area contributed by atoms with Gasteiger partial charge in [-0.3, -0.25) is 4.79 Å². The number of rotatable bonds is 5. The van der Waals surface area contributed by atoms with E-state index in [1.54, 1.807) is 24.3 Å². The molecule has 1 N–H and O–H groups in total. The van der Waals surface area contributed by atoms with Crippen LogP contribution in [0.5, 0.6) is 11.5 Å². The molecular weight excluding hydrogens is 389 g/mol. The smallest absolute Gasteiger partial charge is 0.331 e. The Morgan fingerprint density at radius 1 is 1.07 bits per heavy atom. The van der Waals surface area contributed by atoms with E-state index in [0.717, 1.165) is 31.8 Å². The van der Waals surface area contributed by atoms with E-state index in [-0.39, 0.29) is 0 Å². The second-order valence-electron chi connectivity index (χ2n) is 7.38. The zero-order valence-corrected chi connectivity index (χ0v) is 16.4. The number of carbonyl (C=O) groups is 2. The normalized spacial score (nSPS) is 16.6. The van der Waals surface area contributed by atoms with E-state index in [9.17, 15) is 14.0 Å². The van der Waals surface area contributed by atoms with Crippen LogP contribution in [0.1, 0.15) is 37.7 Å². The van der Waals surface area contributed by atoms with Crippen LogP contribution in [0.25, 0.3) is 6.08 Å². The van der Waals surface area contributed by atoms with Gasteiger partial charge in [-0.15, -0.1) is 0 Å². The second kappa shape index (κ2) is 8.57. The molecule has 7 heteroatoms. The quantitative estimate of drug-likeness (QED) is 0.581. The standard InChI is InChI=1S/C23H22FNO5/c24-17-6-4-5-16(13-17)7-10-22(27)28-15-21(26)25-18-8-9-19-20(14-18)30-23(29-19)11-2-1-3-12-23/h4-10,13-14H,1-3,11-12,15H2,(H,25,26)/b10-7+. The number of amides is 1. The average Bonchev–Trinajstić information content (AvgIpc) is 3.07. The molecule has 1 heterocycles. The maximum atomic E-state index is 13.1. The monoisotopic (exact) mass is 411 g/mol. The molecule has 0 saturated heterocycles. The van der Waals surface area contributed by atoms with Crippen molar-refractivity contribution in [3.63, 3.8) is 0 Å². The number of anilines is 1. The van der Waals surface area contributed by atoms with Gasteiger partial charge in [-0.05, 0) is 48.7 Å². The highest BCUT2D eigenvalue weighted by molar-refractivity contribution is 5.94. The third kappa shape index (κ3) is 4.79. The molecule has 0 unspecified atom stereocenters. The Kier molecular flexibility index (Phi) is 5.70. The lowest BCUT2D eigenvalue weighted by atomic mass is 9.94. The Balaban J connectivity index is 1.28. The van der Waals surface area contributed by atoms with E-state index in [1.165, 1.54) is 30.7 Å². The SMILES string of the molecule is O=C(COC(=O)/C=C/c1cccc(F)c1)Nc1ccc2c(c1)OC1(CCCCC1)O2. The fraction of sp³-hybridized carbons (Fsp3) is 0.304. The zero-order valence-electron chi connectivity index (χ0n) is 16.4. The molecule has 0 aromatic heterocycles. The summed E-state index contributed by atoms with van der Waals surface area (Å²) in [5.41, 5.74) is 1.05. The number of benzene rings is 2. The Labute approximate surface area is 173 Å². The van der Waals surface area contributed by atoms with Gasteiger partial charge in [0.25, 0.3) is 11.7 Å². The minimum Gasteiger partial charge on any atom is -0.452 e. The lowest BCUT2D eigenvalue weighted by molar-refractivity contribution is -0.142. The number of carbonyl (C=O) groups excluding carboxylic acids is 2. The van der Waals surface area contributed by atoms with E-state index < -0.39 is 30.1 Å². The topological polar surface area (TPSA) is 73.9 Å². The highest BCUT2D eigenvalue weighted by Crippen LogP contribution is 2.46. The summed E-state index contributed by atoms with van der Waals surface area (Å²) < 4.78 is 30.1. The van der Waals surface area contributed by atoms with Gasteiger partial charge in [-0.25, -0.2) is 9.18 Å².